The fourth-order valence-corrected chi connectivity index (χ4v) is 3.16. The molecule has 0 aliphatic heterocycles. The van der Waals surface area contributed by atoms with Crippen LogP contribution in [0.3, 0.4) is 0 Å². The van der Waals surface area contributed by atoms with Crippen molar-refractivity contribution < 1.29 is 14.6 Å². The smallest absolute Gasteiger partial charge is 0.318 e. The van der Waals surface area contributed by atoms with Crippen molar-refractivity contribution in [3.8, 4) is 11.5 Å². The molecule has 3 rings (SSSR count). The maximum absolute atomic E-state index is 11.3. The quantitative estimate of drug-likeness (QED) is 0.215. The maximum atomic E-state index is 11.3. The minimum Gasteiger partial charge on any atom is -0.449 e. The molecular formula is C20H13BrClN3O5. The number of nitro benzene ring substituents is 2. The Bertz CT molecular complexity index is 1180. The van der Waals surface area contributed by atoms with Gasteiger partial charge in [-0.1, -0.05) is 17.7 Å². The third kappa shape index (κ3) is 5.00. The third-order valence-corrected chi connectivity index (χ3v) is 4.90. The van der Waals surface area contributed by atoms with Gasteiger partial charge in [0.15, 0.2) is 0 Å². The SMILES string of the molecule is Cc1ccc(Cl)cc1N=Cc1ccc(Oc2ccc([N+](=O)[O-])cc2[N+](=O)[O-])c(Br)c1. The Morgan fingerprint density at radius 3 is 2.40 bits per heavy atom. The first-order chi connectivity index (χ1) is 14.2. The Balaban J connectivity index is 1.86. The van der Waals surface area contributed by atoms with Gasteiger partial charge in [0, 0.05) is 17.3 Å². The van der Waals surface area contributed by atoms with Crippen molar-refractivity contribution in [2.75, 3.05) is 0 Å². The first-order valence-corrected chi connectivity index (χ1v) is 9.62. The van der Waals surface area contributed by atoms with Gasteiger partial charge in [0.05, 0.1) is 26.1 Å². The third-order valence-electron chi connectivity index (χ3n) is 4.05. The monoisotopic (exact) mass is 489 g/mol. The first kappa shape index (κ1) is 21.4. The number of aryl methyl sites for hydroxylation is 1. The first-order valence-electron chi connectivity index (χ1n) is 8.45. The molecule has 0 radical (unpaired) electrons. The molecule has 0 bridgehead atoms. The summed E-state index contributed by atoms with van der Waals surface area (Å²) in [5.74, 6) is 0.199. The lowest BCUT2D eigenvalue weighted by Crippen LogP contribution is -1.96. The predicted octanol–water partition coefficient (Wildman–Crippen LogP) is 6.77. The van der Waals surface area contributed by atoms with E-state index in [0.29, 0.717) is 15.2 Å². The van der Waals surface area contributed by atoms with E-state index in [-0.39, 0.29) is 5.75 Å². The van der Waals surface area contributed by atoms with Crippen molar-refractivity contribution in [2.24, 2.45) is 4.99 Å². The van der Waals surface area contributed by atoms with E-state index in [0.717, 1.165) is 28.9 Å². The largest absolute Gasteiger partial charge is 0.449 e. The molecule has 0 unspecified atom stereocenters. The van der Waals surface area contributed by atoms with Crippen molar-refractivity contribution in [3.05, 3.63) is 95.4 Å². The van der Waals surface area contributed by atoms with E-state index < -0.39 is 21.2 Å². The minimum absolute atomic E-state index is 0.109. The molecule has 0 aromatic heterocycles. The number of ether oxygens (including phenoxy) is 1. The molecule has 152 valence electrons. The van der Waals surface area contributed by atoms with Crippen LogP contribution in [0.1, 0.15) is 11.1 Å². The second-order valence-electron chi connectivity index (χ2n) is 6.15. The number of benzene rings is 3. The molecule has 0 aliphatic rings. The Hall–Kier alpha value is -3.30. The average molecular weight is 491 g/mol. The van der Waals surface area contributed by atoms with Crippen LogP contribution in [0.2, 0.25) is 5.02 Å². The van der Waals surface area contributed by atoms with E-state index in [1.807, 2.05) is 13.0 Å². The number of non-ortho nitro benzene ring substituents is 1. The standard InChI is InChI=1S/C20H13BrClN3O5/c1-12-2-4-14(22)9-17(12)23-11-13-3-6-19(16(21)8-13)30-20-7-5-15(24(26)27)10-18(20)25(28)29/h2-11H,1H3. The summed E-state index contributed by atoms with van der Waals surface area (Å²) < 4.78 is 6.15. The van der Waals surface area contributed by atoms with E-state index in [1.54, 1.807) is 36.5 Å². The Morgan fingerprint density at radius 1 is 1.00 bits per heavy atom. The van der Waals surface area contributed by atoms with Crippen LogP contribution in [0, 0.1) is 27.2 Å². The molecule has 0 heterocycles. The Morgan fingerprint density at radius 2 is 1.73 bits per heavy atom. The zero-order valence-electron chi connectivity index (χ0n) is 15.4. The van der Waals surface area contributed by atoms with Crippen molar-refractivity contribution >= 4 is 50.8 Å². The van der Waals surface area contributed by atoms with Crippen LogP contribution >= 0.6 is 27.5 Å². The predicted molar refractivity (Wildman–Crippen MR) is 117 cm³/mol. The van der Waals surface area contributed by atoms with Gasteiger partial charge in [-0.3, -0.25) is 25.2 Å². The van der Waals surface area contributed by atoms with Crippen LogP contribution in [0.25, 0.3) is 0 Å². The van der Waals surface area contributed by atoms with E-state index in [4.69, 9.17) is 16.3 Å². The number of hydrogen-bond donors (Lipinski definition) is 0. The van der Waals surface area contributed by atoms with Crippen molar-refractivity contribution in [3.63, 3.8) is 0 Å². The topological polar surface area (TPSA) is 108 Å². The molecule has 10 heteroatoms. The molecule has 0 N–H and O–H groups in total. The van der Waals surface area contributed by atoms with Crippen LogP contribution in [-0.2, 0) is 0 Å². The van der Waals surface area contributed by atoms with Gasteiger partial charge in [-0.05, 0) is 70.4 Å². The molecular weight excluding hydrogens is 478 g/mol. The minimum atomic E-state index is -0.732. The number of aliphatic imine (C=N–C) groups is 1. The highest BCUT2D eigenvalue weighted by Gasteiger charge is 2.21. The van der Waals surface area contributed by atoms with Crippen molar-refractivity contribution in [1.29, 1.82) is 0 Å². The molecule has 3 aromatic rings. The highest BCUT2D eigenvalue weighted by atomic mass is 79.9. The van der Waals surface area contributed by atoms with Gasteiger partial charge in [0.25, 0.3) is 5.69 Å². The average Bonchev–Trinajstić information content (AvgIpc) is 2.70. The molecule has 30 heavy (non-hydrogen) atoms. The van der Waals surface area contributed by atoms with Gasteiger partial charge in [0.1, 0.15) is 5.75 Å². The molecule has 0 saturated heterocycles. The fourth-order valence-electron chi connectivity index (χ4n) is 2.51. The lowest BCUT2D eigenvalue weighted by Gasteiger charge is -2.09. The van der Waals surface area contributed by atoms with Gasteiger partial charge in [-0.15, -0.1) is 0 Å². The van der Waals surface area contributed by atoms with Crippen molar-refractivity contribution in [2.45, 2.75) is 6.92 Å². The summed E-state index contributed by atoms with van der Waals surface area (Å²) >= 11 is 9.37. The van der Waals surface area contributed by atoms with E-state index >= 15 is 0 Å². The molecule has 0 fully saturated rings. The highest BCUT2D eigenvalue weighted by molar-refractivity contribution is 9.10. The number of nitro groups is 2. The van der Waals surface area contributed by atoms with Crippen LogP contribution in [0.4, 0.5) is 17.1 Å². The summed E-state index contributed by atoms with van der Waals surface area (Å²) in [6.45, 7) is 1.92. The van der Waals surface area contributed by atoms with Crippen LogP contribution in [0.15, 0.2) is 64.1 Å². The Labute approximate surface area is 184 Å². The second kappa shape index (κ2) is 9.02. The summed E-state index contributed by atoms with van der Waals surface area (Å²) in [5.41, 5.74) is 1.57. The van der Waals surface area contributed by atoms with E-state index in [9.17, 15) is 20.2 Å². The lowest BCUT2D eigenvalue weighted by atomic mass is 10.2. The summed E-state index contributed by atoms with van der Waals surface area (Å²) in [6.07, 6.45) is 1.65. The molecule has 0 saturated carbocycles. The highest BCUT2D eigenvalue weighted by Crippen LogP contribution is 2.37. The maximum Gasteiger partial charge on any atom is 0.318 e. The second-order valence-corrected chi connectivity index (χ2v) is 7.44. The lowest BCUT2D eigenvalue weighted by molar-refractivity contribution is -0.394. The number of nitrogens with zero attached hydrogens (tertiary/aromatic N) is 3. The van der Waals surface area contributed by atoms with Gasteiger partial charge in [-0.2, -0.15) is 0 Å². The number of halogens is 2. The van der Waals surface area contributed by atoms with Gasteiger partial charge in [-0.25, -0.2) is 0 Å². The fraction of sp³-hybridized carbons (Fsp3) is 0.0500. The zero-order chi connectivity index (χ0) is 21.8. The molecule has 8 nitrogen and oxygen atoms in total. The number of rotatable bonds is 6. The summed E-state index contributed by atoms with van der Waals surface area (Å²) in [5, 5.41) is 22.7. The van der Waals surface area contributed by atoms with Gasteiger partial charge >= 0.3 is 5.69 Å². The summed E-state index contributed by atoms with van der Waals surface area (Å²) in [7, 11) is 0. The molecule has 0 amide bonds. The normalized spacial score (nSPS) is 10.9. The molecule has 0 aliphatic carbocycles. The summed E-state index contributed by atoms with van der Waals surface area (Å²) in [6, 6.07) is 13.7. The zero-order valence-corrected chi connectivity index (χ0v) is 17.8. The van der Waals surface area contributed by atoms with Crippen LogP contribution in [0.5, 0.6) is 11.5 Å². The molecule has 3 aromatic carbocycles. The van der Waals surface area contributed by atoms with Crippen LogP contribution < -0.4 is 4.74 Å². The number of hydrogen-bond acceptors (Lipinski definition) is 6. The van der Waals surface area contributed by atoms with Crippen LogP contribution in [-0.4, -0.2) is 16.1 Å². The van der Waals surface area contributed by atoms with E-state index in [1.165, 1.54) is 6.07 Å². The molecule has 0 atom stereocenters. The Kier molecular flexibility index (Phi) is 6.43. The van der Waals surface area contributed by atoms with E-state index in [2.05, 4.69) is 20.9 Å². The molecule has 0 spiro atoms. The van der Waals surface area contributed by atoms with Gasteiger partial charge in [0.2, 0.25) is 5.75 Å². The van der Waals surface area contributed by atoms with Crippen molar-refractivity contribution in [1.82, 2.24) is 0 Å². The summed E-state index contributed by atoms with van der Waals surface area (Å²) in [4.78, 5) is 25.1. The van der Waals surface area contributed by atoms with Gasteiger partial charge < -0.3 is 4.74 Å².